The molecule has 0 fully saturated rings. The molecule has 0 aromatic heterocycles. The molecule has 0 saturated carbocycles. The van der Waals surface area contributed by atoms with Crippen LogP contribution in [0.1, 0.15) is 19.8 Å². The van der Waals surface area contributed by atoms with Crippen molar-refractivity contribution in [3.05, 3.63) is 0 Å². The van der Waals surface area contributed by atoms with Crippen molar-refractivity contribution in [2.45, 2.75) is 19.8 Å². The van der Waals surface area contributed by atoms with Crippen molar-refractivity contribution in [1.82, 2.24) is 4.90 Å². The Labute approximate surface area is 87.4 Å². The van der Waals surface area contributed by atoms with Gasteiger partial charge in [-0.25, -0.2) is 8.42 Å². The molecule has 0 rings (SSSR count). The minimum absolute atomic E-state index is 0.276. The number of hydrogen-bond donors (Lipinski definition) is 1. The summed E-state index contributed by atoms with van der Waals surface area (Å²) in [5.41, 5.74) is 5.46. The second-order valence-corrected chi connectivity index (χ2v) is 5.87. The topological polar surface area (TPSA) is 63.4 Å². The highest BCUT2D eigenvalue weighted by Gasteiger charge is 2.05. The molecule has 0 aromatic rings. The highest BCUT2D eigenvalue weighted by atomic mass is 32.2. The fourth-order valence-corrected chi connectivity index (χ4v) is 2.04. The first-order valence-electron chi connectivity index (χ1n) is 5.09. The second-order valence-electron chi connectivity index (χ2n) is 3.61. The first kappa shape index (κ1) is 13.9. The number of sulfone groups is 1. The van der Waals surface area contributed by atoms with Gasteiger partial charge in [0, 0.05) is 19.3 Å². The van der Waals surface area contributed by atoms with E-state index in [1.54, 1.807) is 0 Å². The van der Waals surface area contributed by atoms with Gasteiger partial charge in [0.2, 0.25) is 0 Å². The molecule has 0 amide bonds. The summed E-state index contributed by atoms with van der Waals surface area (Å²) in [7, 11) is -2.81. The van der Waals surface area contributed by atoms with E-state index in [2.05, 4.69) is 11.8 Å². The fourth-order valence-electron chi connectivity index (χ4n) is 1.38. The zero-order chi connectivity index (χ0) is 11.0. The first-order chi connectivity index (χ1) is 6.49. The summed E-state index contributed by atoms with van der Waals surface area (Å²) in [4.78, 5) is 2.21. The van der Waals surface area contributed by atoms with Gasteiger partial charge in [0.1, 0.15) is 9.84 Å². The predicted molar refractivity (Wildman–Crippen MR) is 60.1 cm³/mol. The SMILES string of the molecule is CCCN(CCN)CCCS(C)(=O)=O. The predicted octanol–water partition coefficient (Wildman–Crippen LogP) is 0.0918. The van der Waals surface area contributed by atoms with Gasteiger partial charge >= 0.3 is 0 Å². The van der Waals surface area contributed by atoms with Crippen LogP contribution in [0, 0.1) is 0 Å². The van der Waals surface area contributed by atoms with Crippen LogP contribution in [0.2, 0.25) is 0 Å². The normalized spacial score (nSPS) is 12.3. The third-order valence-corrected chi connectivity index (χ3v) is 3.00. The van der Waals surface area contributed by atoms with Gasteiger partial charge in [-0.2, -0.15) is 0 Å². The van der Waals surface area contributed by atoms with Crippen LogP contribution in [0.15, 0.2) is 0 Å². The number of nitrogens with two attached hydrogens (primary N) is 1. The molecule has 0 aliphatic carbocycles. The van der Waals surface area contributed by atoms with Crippen LogP contribution < -0.4 is 5.73 Å². The van der Waals surface area contributed by atoms with Crippen LogP contribution >= 0.6 is 0 Å². The third-order valence-electron chi connectivity index (χ3n) is 1.97. The van der Waals surface area contributed by atoms with Crippen LogP contribution in [0.3, 0.4) is 0 Å². The molecule has 5 heteroatoms. The molecule has 4 nitrogen and oxygen atoms in total. The smallest absolute Gasteiger partial charge is 0.147 e. The highest BCUT2D eigenvalue weighted by molar-refractivity contribution is 7.90. The molecule has 0 unspecified atom stereocenters. The summed E-state index contributed by atoms with van der Waals surface area (Å²) in [6, 6.07) is 0. The summed E-state index contributed by atoms with van der Waals surface area (Å²) in [5.74, 6) is 0.276. The summed E-state index contributed by atoms with van der Waals surface area (Å²) >= 11 is 0. The fraction of sp³-hybridized carbons (Fsp3) is 1.00. The Morgan fingerprint density at radius 3 is 2.29 bits per heavy atom. The Hall–Kier alpha value is -0.130. The van der Waals surface area contributed by atoms with E-state index in [0.717, 1.165) is 26.1 Å². The van der Waals surface area contributed by atoms with Gasteiger partial charge in [0.15, 0.2) is 0 Å². The summed E-state index contributed by atoms with van der Waals surface area (Å²) in [6.07, 6.45) is 3.07. The van der Waals surface area contributed by atoms with Crippen molar-refractivity contribution in [2.75, 3.05) is 38.2 Å². The molecule has 0 aliphatic heterocycles. The van der Waals surface area contributed by atoms with Gasteiger partial charge in [-0.1, -0.05) is 6.92 Å². The molecular weight excluding hydrogens is 200 g/mol. The zero-order valence-corrected chi connectivity index (χ0v) is 10.0. The van der Waals surface area contributed by atoms with Crippen molar-refractivity contribution >= 4 is 9.84 Å². The molecule has 0 spiro atoms. The number of hydrogen-bond acceptors (Lipinski definition) is 4. The molecule has 0 heterocycles. The lowest BCUT2D eigenvalue weighted by Gasteiger charge is -2.20. The minimum atomic E-state index is -2.81. The largest absolute Gasteiger partial charge is 0.329 e. The molecular formula is C9H22N2O2S. The monoisotopic (exact) mass is 222 g/mol. The van der Waals surface area contributed by atoms with Gasteiger partial charge in [-0.05, 0) is 25.9 Å². The first-order valence-corrected chi connectivity index (χ1v) is 7.15. The van der Waals surface area contributed by atoms with E-state index in [4.69, 9.17) is 5.73 Å². The molecule has 86 valence electrons. The summed E-state index contributed by atoms with van der Waals surface area (Å²) < 4.78 is 21.8. The Morgan fingerprint density at radius 2 is 1.86 bits per heavy atom. The van der Waals surface area contributed by atoms with Crippen molar-refractivity contribution in [3.63, 3.8) is 0 Å². The highest BCUT2D eigenvalue weighted by Crippen LogP contribution is 1.95. The van der Waals surface area contributed by atoms with E-state index >= 15 is 0 Å². The summed E-state index contributed by atoms with van der Waals surface area (Å²) in [5, 5.41) is 0. The van der Waals surface area contributed by atoms with E-state index in [9.17, 15) is 8.42 Å². The van der Waals surface area contributed by atoms with E-state index in [0.29, 0.717) is 13.0 Å². The van der Waals surface area contributed by atoms with Gasteiger partial charge in [0.25, 0.3) is 0 Å². The van der Waals surface area contributed by atoms with E-state index in [-0.39, 0.29) is 5.75 Å². The third kappa shape index (κ3) is 8.47. The molecule has 2 N–H and O–H groups in total. The molecule has 0 aliphatic rings. The lowest BCUT2D eigenvalue weighted by molar-refractivity contribution is 0.282. The van der Waals surface area contributed by atoms with Gasteiger partial charge in [-0.15, -0.1) is 0 Å². The number of nitrogens with zero attached hydrogens (tertiary/aromatic N) is 1. The van der Waals surface area contributed by atoms with Crippen LogP contribution in [-0.2, 0) is 9.84 Å². The lowest BCUT2D eigenvalue weighted by atomic mass is 10.3. The Morgan fingerprint density at radius 1 is 1.21 bits per heavy atom. The second kappa shape index (κ2) is 7.20. The quantitative estimate of drug-likeness (QED) is 0.632. The maximum atomic E-state index is 10.9. The average molecular weight is 222 g/mol. The lowest BCUT2D eigenvalue weighted by Crippen LogP contribution is -2.32. The van der Waals surface area contributed by atoms with Gasteiger partial charge in [-0.3, -0.25) is 0 Å². The Balaban J connectivity index is 3.70. The van der Waals surface area contributed by atoms with Gasteiger partial charge < -0.3 is 10.6 Å². The molecule has 14 heavy (non-hydrogen) atoms. The van der Waals surface area contributed by atoms with E-state index in [1.165, 1.54) is 6.26 Å². The standard InChI is InChI=1S/C9H22N2O2S/c1-3-6-11(8-5-10)7-4-9-14(2,12)13/h3-10H2,1-2H3. The van der Waals surface area contributed by atoms with Crippen molar-refractivity contribution < 1.29 is 8.42 Å². The molecule has 0 bridgehead atoms. The van der Waals surface area contributed by atoms with Crippen LogP contribution in [-0.4, -0.2) is 51.5 Å². The average Bonchev–Trinajstić information content (AvgIpc) is 2.02. The van der Waals surface area contributed by atoms with Crippen molar-refractivity contribution in [2.24, 2.45) is 5.73 Å². The van der Waals surface area contributed by atoms with E-state index in [1.807, 2.05) is 0 Å². The van der Waals surface area contributed by atoms with Crippen LogP contribution in [0.5, 0.6) is 0 Å². The minimum Gasteiger partial charge on any atom is -0.329 e. The van der Waals surface area contributed by atoms with Gasteiger partial charge in [0.05, 0.1) is 5.75 Å². The molecule has 0 saturated heterocycles. The molecule has 0 atom stereocenters. The molecule has 0 aromatic carbocycles. The number of rotatable bonds is 8. The van der Waals surface area contributed by atoms with Crippen LogP contribution in [0.4, 0.5) is 0 Å². The van der Waals surface area contributed by atoms with Crippen molar-refractivity contribution in [1.29, 1.82) is 0 Å². The maximum Gasteiger partial charge on any atom is 0.147 e. The molecule has 0 radical (unpaired) electrons. The van der Waals surface area contributed by atoms with Crippen LogP contribution in [0.25, 0.3) is 0 Å². The van der Waals surface area contributed by atoms with Crippen molar-refractivity contribution in [3.8, 4) is 0 Å². The zero-order valence-electron chi connectivity index (χ0n) is 9.20. The Kier molecular flexibility index (Phi) is 7.13. The summed E-state index contributed by atoms with van der Waals surface area (Å²) in [6.45, 7) is 5.44. The maximum absolute atomic E-state index is 10.9. The van der Waals surface area contributed by atoms with E-state index < -0.39 is 9.84 Å². The Bertz CT molecular complexity index is 221.